The number of hydrogen-bond donors (Lipinski definition) is 1. The first-order valence-corrected chi connectivity index (χ1v) is 6.10. The van der Waals surface area contributed by atoms with Gasteiger partial charge in [-0.15, -0.1) is 0 Å². The maximum atomic E-state index is 12.2. The summed E-state index contributed by atoms with van der Waals surface area (Å²) in [6.07, 6.45) is 1.92. The minimum Gasteiger partial charge on any atom is -0.397 e. The van der Waals surface area contributed by atoms with Gasteiger partial charge >= 0.3 is 0 Å². The molecule has 2 rings (SSSR count). The van der Waals surface area contributed by atoms with Crippen LogP contribution in [0.25, 0.3) is 0 Å². The third-order valence-electron chi connectivity index (χ3n) is 3.09. The number of carbonyl (C=O) groups excluding carboxylic acids is 1. The molecule has 0 aliphatic carbocycles. The van der Waals surface area contributed by atoms with Crippen molar-refractivity contribution >= 4 is 17.4 Å². The number of rotatable bonds is 3. The first-order valence-electron chi connectivity index (χ1n) is 6.10. The first kappa shape index (κ1) is 13.1. The number of benzene rings is 1. The van der Waals surface area contributed by atoms with E-state index in [1.54, 1.807) is 30.3 Å². The van der Waals surface area contributed by atoms with Crippen molar-refractivity contribution in [1.82, 2.24) is 4.98 Å². The zero-order chi connectivity index (χ0) is 13.8. The zero-order valence-electron chi connectivity index (χ0n) is 11.1. The van der Waals surface area contributed by atoms with Crippen LogP contribution in [0, 0.1) is 6.92 Å². The van der Waals surface area contributed by atoms with Crippen LogP contribution in [-0.4, -0.2) is 17.9 Å². The average molecular weight is 255 g/mol. The predicted octanol–water partition coefficient (Wildman–Crippen LogP) is 2.18. The van der Waals surface area contributed by atoms with Gasteiger partial charge in [-0.3, -0.25) is 9.69 Å². The molecule has 0 saturated heterocycles. The molecule has 1 heterocycles. The molecule has 4 nitrogen and oxygen atoms in total. The Balaban J connectivity index is 2.12. The number of nitrogens with two attached hydrogens (primary N) is 1. The number of aryl methyl sites for hydroxylation is 1. The van der Waals surface area contributed by atoms with E-state index >= 15 is 0 Å². The van der Waals surface area contributed by atoms with E-state index in [0.29, 0.717) is 17.9 Å². The molecule has 1 aromatic carbocycles. The number of anilines is 2. The molecular weight excluding hydrogens is 238 g/mol. The predicted molar refractivity (Wildman–Crippen MR) is 76.9 cm³/mol. The van der Waals surface area contributed by atoms with Crippen LogP contribution in [0.3, 0.4) is 0 Å². The molecule has 0 fully saturated rings. The molecular formula is C15H17N3O. The van der Waals surface area contributed by atoms with Gasteiger partial charge in [0.15, 0.2) is 0 Å². The third kappa shape index (κ3) is 3.10. The fourth-order valence-electron chi connectivity index (χ4n) is 1.81. The van der Waals surface area contributed by atoms with E-state index in [1.165, 1.54) is 0 Å². The Morgan fingerprint density at radius 1 is 1.26 bits per heavy atom. The van der Waals surface area contributed by atoms with Crippen LogP contribution in [0.15, 0.2) is 42.6 Å². The summed E-state index contributed by atoms with van der Waals surface area (Å²) >= 11 is 0. The van der Waals surface area contributed by atoms with E-state index in [9.17, 15) is 4.79 Å². The molecule has 0 saturated carbocycles. The topological polar surface area (TPSA) is 59.2 Å². The Labute approximate surface area is 112 Å². The van der Waals surface area contributed by atoms with Gasteiger partial charge in [-0.05, 0) is 30.2 Å². The fourth-order valence-corrected chi connectivity index (χ4v) is 1.81. The Hall–Kier alpha value is -2.36. The SMILES string of the molecule is Cc1ccccc1CC(=O)N(C)c1ccc(N)cn1. The number of nitrogen functional groups attached to an aromatic ring is 1. The first-order chi connectivity index (χ1) is 9.08. The second kappa shape index (κ2) is 5.52. The summed E-state index contributed by atoms with van der Waals surface area (Å²) in [7, 11) is 1.72. The minimum absolute atomic E-state index is 0.00608. The van der Waals surface area contributed by atoms with Crippen LogP contribution in [0.2, 0.25) is 0 Å². The Kier molecular flexibility index (Phi) is 3.80. The molecule has 98 valence electrons. The molecule has 0 bridgehead atoms. The van der Waals surface area contributed by atoms with Crippen molar-refractivity contribution in [2.45, 2.75) is 13.3 Å². The molecule has 1 aromatic heterocycles. The number of nitrogens with zero attached hydrogens (tertiary/aromatic N) is 2. The number of pyridine rings is 1. The summed E-state index contributed by atoms with van der Waals surface area (Å²) < 4.78 is 0. The van der Waals surface area contributed by atoms with E-state index in [1.807, 2.05) is 31.2 Å². The second-order valence-corrected chi connectivity index (χ2v) is 4.51. The van der Waals surface area contributed by atoms with Gasteiger partial charge in [-0.1, -0.05) is 24.3 Å². The van der Waals surface area contributed by atoms with E-state index in [4.69, 9.17) is 5.73 Å². The van der Waals surface area contributed by atoms with Crippen LogP contribution in [0.4, 0.5) is 11.5 Å². The van der Waals surface area contributed by atoms with Crippen molar-refractivity contribution in [3.8, 4) is 0 Å². The quantitative estimate of drug-likeness (QED) is 0.914. The molecule has 0 atom stereocenters. The lowest BCUT2D eigenvalue weighted by Crippen LogP contribution is -2.28. The van der Waals surface area contributed by atoms with Crippen LogP contribution in [0.1, 0.15) is 11.1 Å². The summed E-state index contributed by atoms with van der Waals surface area (Å²) in [5.74, 6) is 0.611. The van der Waals surface area contributed by atoms with Gasteiger partial charge in [0.1, 0.15) is 5.82 Å². The number of aromatic nitrogens is 1. The van der Waals surface area contributed by atoms with Gasteiger partial charge in [-0.2, -0.15) is 0 Å². The molecule has 0 unspecified atom stereocenters. The lowest BCUT2D eigenvalue weighted by Gasteiger charge is -2.17. The van der Waals surface area contributed by atoms with Gasteiger partial charge in [-0.25, -0.2) is 4.98 Å². The van der Waals surface area contributed by atoms with E-state index in [0.717, 1.165) is 11.1 Å². The molecule has 0 radical (unpaired) electrons. The van der Waals surface area contributed by atoms with Crippen molar-refractivity contribution in [1.29, 1.82) is 0 Å². The Bertz CT molecular complexity index is 578. The smallest absolute Gasteiger partial charge is 0.232 e. The zero-order valence-corrected chi connectivity index (χ0v) is 11.1. The Morgan fingerprint density at radius 2 is 2.00 bits per heavy atom. The van der Waals surface area contributed by atoms with Crippen molar-refractivity contribution < 1.29 is 4.79 Å². The normalized spacial score (nSPS) is 10.2. The van der Waals surface area contributed by atoms with Gasteiger partial charge in [0.05, 0.1) is 18.3 Å². The van der Waals surface area contributed by atoms with Gasteiger partial charge in [0.2, 0.25) is 5.91 Å². The summed E-state index contributed by atoms with van der Waals surface area (Å²) in [5, 5.41) is 0. The second-order valence-electron chi connectivity index (χ2n) is 4.51. The number of carbonyl (C=O) groups is 1. The van der Waals surface area contributed by atoms with Crippen molar-refractivity contribution in [3.05, 3.63) is 53.7 Å². The van der Waals surface area contributed by atoms with E-state index in [2.05, 4.69) is 4.98 Å². The standard InChI is InChI=1S/C15H17N3O/c1-11-5-3-4-6-12(11)9-15(19)18(2)14-8-7-13(16)10-17-14/h3-8,10H,9,16H2,1-2H3. The van der Waals surface area contributed by atoms with Gasteiger partial charge in [0, 0.05) is 7.05 Å². The summed E-state index contributed by atoms with van der Waals surface area (Å²) in [6.45, 7) is 2.00. The number of amides is 1. The van der Waals surface area contributed by atoms with Gasteiger partial charge < -0.3 is 5.73 Å². The molecule has 0 aliphatic heterocycles. The highest BCUT2D eigenvalue weighted by Gasteiger charge is 2.13. The summed E-state index contributed by atoms with van der Waals surface area (Å²) in [4.78, 5) is 17.9. The molecule has 1 amide bonds. The summed E-state index contributed by atoms with van der Waals surface area (Å²) in [6, 6.07) is 11.4. The molecule has 0 spiro atoms. The summed E-state index contributed by atoms with van der Waals surface area (Å²) in [5.41, 5.74) is 8.32. The van der Waals surface area contributed by atoms with Crippen LogP contribution in [0.5, 0.6) is 0 Å². The lowest BCUT2D eigenvalue weighted by atomic mass is 10.1. The van der Waals surface area contributed by atoms with E-state index in [-0.39, 0.29) is 5.91 Å². The molecule has 4 heteroatoms. The van der Waals surface area contributed by atoms with Crippen molar-refractivity contribution in [2.24, 2.45) is 0 Å². The maximum Gasteiger partial charge on any atom is 0.232 e. The average Bonchev–Trinajstić information content (AvgIpc) is 2.41. The largest absolute Gasteiger partial charge is 0.397 e. The van der Waals surface area contributed by atoms with Crippen LogP contribution in [-0.2, 0) is 11.2 Å². The van der Waals surface area contributed by atoms with Crippen molar-refractivity contribution in [2.75, 3.05) is 17.7 Å². The third-order valence-corrected chi connectivity index (χ3v) is 3.09. The monoisotopic (exact) mass is 255 g/mol. The van der Waals surface area contributed by atoms with E-state index < -0.39 is 0 Å². The highest BCUT2D eigenvalue weighted by molar-refractivity contribution is 5.93. The minimum atomic E-state index is 0.00608. The molecule has 0 aliphatic rings. The highest BCUT2D eigenvalue weighted by atomic mass is 16.2. The Morgan fingerprint density at radius 3 is 2.63 bits per heavy atom. The van der Waals surface area contributed by atoms with Crippen LogP contribution < -0.4 is 10.6 Å². The lowest BCUT2D eigenvalue weighted by molar-refractivity contribution is -0.117. The van der Waals surface area contributed by atoms with Gasteiger partial charge in [0.25, 0.3) is 0 Å². The number of hydrogen-bond acceptors (Lipinski definition) is 3. The maximum absolute atomic E-state index is 12.2. The number of likely N-dealkylation sites (N-methyl/N-ethyl adjacent to an activating group) is 1. The highest BCUT2D eigenvalue weighted by Crippen LogP contribution is 2.14. The van der Waals surface area contributed by atoms with Crippen LogP contribution >= 0.6 is 0 Å². The molecule has 2 aromatic rings. The van der Waals surface area contributed by atoms with Crippen molar-refractivity contribution in [3.63, 3.8) is 0 Å². The fraction of sp³-hybridized carbons (Fsp3) is 0.200. The molecule has 2 N–H and O–H groups in total. The molecule has 19 heavy (non-hydrogen) atoms.